The third-order valence-corrected chi connectivity index (χ3v) is 5.00. The van der Waals surface area contributed by atoms with E-state index in [0.29, 0.717) is 18.9 Å². The van der Waals surface area contributed by atoms with Crippen LogP contribution in [0, 0.1) is 5.92 Å². The van der Waals surface area contributed by atoms with Crippen molar-refractivity contribution in [3.8, 4) is 0 Å². The maximum Gasteiger partial charge on any atom is 0.223 e. The molecular formula is C15H27NO3. The average molecular weight is 269 g/mol. The first-order chi connectivity index (χ1) is 8.97. The van der Waals surface area contributed by atoms with E-state index < -0.39 is 5.60 Å². The Balaban J connectivity index is 1.74. The SMILES string of the molecule is COC1(CC(=O)NCC2(O)CCC(C)CC2)CCC1. The average Bonchev–Trinajstić information content (AvgIpc) is 2.36. The Morgan fingerprint density at radius 2 is 1.95 bits per heavy atom. The highest BCUT2D eigenvalue weighted by Gasteiger charge is 2.39. The first-order valence-electron chi connectivity index (χ1n) is 7.51. The molecule has 4 heteroatoms. The molecule has 2 fully saturated rings. The Morgan fingerprint density at radius 3 is 2.42 bits per heavy atom. The largest absolute Gasteiger partial charge is 0.388 e. The van der Waals surface area contributed by atoms with Crippen LogP contribution < -0.4 is 5.32 Å². The number of aliphatic hydroxyl groups is 1. The summed E-state index contributed by atoms with van der Waals surface area (Å²) in [7, 11) is 1.68. The van der Waals surface area contributed by atoms with Crippen LogP contribution in [0.4, 0.5) is 0 Å². The Bertz CT molecular complexity index is 312. The van der Waals surface area contributed by atoms with Crippen LogP contribution in [0.5, 0.6) is 0 Å². The van der Waals surface area contributed by atoms with Crippen molar-refractivity contribution in [1.82, 2.24) is 5.32 Å². The number of hydrogen-bond acceptors (Lipinski definition) is 3. The number of ether oxygens (including phenoxy) is 1. The fourth-order valence-corrected chi connectivity index (χ4v) is 3.12. The van der Waals surface area contributed by atoms with Gasteiger partial charge in [0.2, 0.25) is 5.91 Å². The molecule has 2 aliphatic rings. The summed E-state index contributed by atoms with van der Waals surface area (Å²) >= 11 is 0. The van der Waals surface area contributed by atoms with Gasteiger partial charge in [-0.25, -0.2) is 0 Å². The van der Waals surface area contributed by atoms with Crippen molar-refractivity contribution in [3.63, 3.8) is 0 Å². The number of hydrogen-bond donors (Lipinski definition) is 2. The summed E-state index contributed by atoms with van der Waals surface area (Å²) in [5, 5.41) is 13.3. The molecule has 2 rings (SSSR count). The first kappa shape index (κ1) is 14.8. The smallest absolute Gasteiger partial charge is 0.223 e. The maximum atomic E-state index is 12.0. The number of carbonyl (C=O) groups excluding carboxylic acids is 1. The molecule has 0 radical (unpaired) electrons. The van der Waals surface area contributed by atoms with Crippen LogP contribution >= 0.6 is 0 Å². The summed E-state index contributed by atoms with van der Waals surface area (Å²) in [5.41, 5.74) is -0.921. The summed E-state index contributed by atoms with van der Waals surface area (Å²) in [6.07, 6.45) is 7.20. The van der Waals surface area contributed by atoms with Crippen molar-refractivity contribution in [1.29, 1.82) is 0 Å². The molecule has 0 bridgehead atoms. The van der Waals surface area contributed by atoms with E-state index in [1.54, 1.807) is 7.11 Å². The lowest BCUT2D eigenvalue weighted by molar-refractivity contribution is -0.135. The third-order valence-electron chi connectivity index (χ3n) is 5.00. The third kappa shape index (κ3) is 3.69. The summed E-state index contributed by atoms with van der Waals surface area (Å²) in [6, 6.07) is 0. The number of carbonyl (C=O) groups is 1. The number of methoxy groups -OCH3 is 1. The number of amides is 1. The van der Waals surface area contributed by atoms with E-state index in [9.17, 15) is 9.90 Å². The van der Waals surface area contributed by atoms with Gasteiger partial charge in [-0.1, -0.05) is 6.92 Å². The van der Waals surface area contributed by atoms with E-state index in [-0.39, 0.29) is 11.5 Å². The van der Waals surface area contributed by atoms with Crippen LogP contribution in [0.15, 0.2) is 0 Å². The molecule has 0 aromatic heterocycles. The molecule has 2 aliphatic carbocycles. The quantitative estimate of drug-likeness (QED) is 0.802. The van der Waals surface area contributed by atoms with Gasteiger partial charge in [-0.05, 0) is 50.9 Å². The molecule has 0 aromatic carbocycles. The number of rotatable bonds is 5. The molecule has 4 nitrogen and oxygen atoms in total. The zero-order valence-electron chi connectivity index (χ0n) is 12.2. The molecule has 2 N–H and O–H groups in total. The maximum absolute atomic E-state index is 12.0. The molecule has 0 saturated heterocycles. The van der Waals surface area contributed by atoms with Crippen LogP contribution in [0.1, 0.15) is 58.3 Å². The predicted molar refractivity (Wildman–Crippen MR) is 73.8 cm³/mol. The second-order valence-electron chi connectivity index (χ2n) is 6.60. The standard InChI is InChI=1S/C15H27NO3/c1-12-4-8-14(18,9-5-12)11-16-13(17)10-15(19-2)6-3-7-15/h12,18H,3-11H2,1-2H3,(H,16,17). The zero-order valence-corrected chi connectivity index (χ0v) is 12.2. The van der Waals surface area contributed by atoms with E-state index in [1.807, 2.05) is 0 Å². The fraction of sp³-hybridized carbons (Fsp3) is 0.933. The summed E-state index contributed by atoms with van der Waals surface area (Å²) in [5.74, 6) is 0.705. The highest BCUT2D eigenvalue weighted by atomic mass is 16.5. The molecule has 0 aliphatic heterocycles. The molecule has 19 heavy (non-hydrogen) atoms. The second-order valence-corrected chi connectivity index (χ2v) is 6.60. The molecule has 0 spiro atoms. The van der Waals surface area contributed by atoms with Gasteiger partial charge in [-0.2, -0.15) is 0 Å². The van der Waals surface area contributed by atoms with E-state index in [2.05, 4.69) is 12.2 Å². The van der Waals surface area contributed by atoms with Crippen LogP contribution in [0.2, 0.25) is 0 Å². The molecule has 110 valence electrons. The highest BCUT2D eigenvalue weighted by Crippen LogP contribution is 2.38. The minimum atomic E-state index is -0.692. The summed E-state index contributed by atoms with van der Waals surface area (Å²) < 4.78 is 5.45. The Morgan fingerprint density at radius 1 is 1.32 bits per heavy atom. The van der Waals surface area contributed by atoms with Gasteiger partial charge in [0.25, 0.3) is 0 Å². The molecule has 1 amide bonds. The van der Waals surface area contributed by atoms with Crippen molar-refractivity contribution in [3.05, 3.63) is 0 Å². The minimum absolute atomic E-state index is 0.00796. The molecule has 0 unspecified atom stereocenters. The van der Waals surface area contributed by atoms with E-state index >= 15 is 0 Å². The summed E-state index contributed by atoms with van der Waals surface area (Å²) in [6.45, 7) is 2.61. The highest BCUT2D eigenvalue weighted by molar-refractivity contribution is 5.77. The van der Waals surface area contributed by atoms with Gasteiger partial charge in [0.1, 0.15) is 0 Å². The van der Waals surface area contributed by atoms with E-state index in [1.165, 1.54) is 0 Å². The Hall–Kier alpha value is -0.610. The lowest BCUT2D eigenvalue weighted by Crippen LogP contribution is -2.48. The molecule has 0 heterocycles. The Labute approximate surface area is 115 Å². The minimum Gasteiger partial charge on any atom is -0.388 e. The first-order valence-corrected chi connectivity index (χ1v) is 7.51. The lowest BCUT2D eigenvalue weighted by atomic mass is 9.77. The van der Waals surface area contributed by atoms with Gasteiger partial charge in [0.15, 0.2) is 0 Å². The van der Waals surface area contributed by atoms with Crippen LogP contribution in [-0.2, 0) is 9.53 Å². The van der Waals surface area contributed by atoms with Crippen molar-refractivity contribution in [2.75, 3.05) is 13.7 Å². The molecular weight excluding hydrogens is 242 g/mol. The molecule has 0 atom stereocenters. The second kappa shape index (κ2) is 5.80. The van der Waals surface area contributed by atoms with Crippen molar-refractivity contribution >= 4 is 5.91 Å². The molecule has 0 aromatic rings. The van der Waals surface area contributed by atoms with Gasteiger partial charge < -0.3 is 15.2 Å². The lowest BCUT2D eigenvalue weighted by Gasteiger charge is -2.40. The summed E-state index contributed by atoms with van der Waals surface area (Å²) in [4.78, 5) is 12.0. The van der Waals surface area contributed by atoms with Crippen LogP contribution in [0.25, 0.3) is 0 Å². The van der Waals surface area contributed by atoms with Gasteiger partial charge in [-0.15, -0.1) is 0 Å². The number of nitrogens with one attached hydrogen (secondary N) is 1. The van der Waals surface area contributed by atoms with Gasteiger partial charge in [0, 0.05) is 13.7 Å². The predicted octanol–water partition coefficient (Wildman–Crippen LogP) is 2.00. The fourth-order valence-electron chi connectivity index (χ4n) is 3.12. The van der Waals surface area contributed by atoms with E-state index in [0.717, 1.165) is 44.9 Å². The zero-order chi connectivity index (χ0) is 13.9. The normalized spacial score (nSPS) is 33.5. The van der Waals surface area contributed by atoms with Crippen LogP contribution in [-0.4, -0.2) is 35.9 Å². The van der Waals surface area contributed by atoms with Crippen molar-refractivity contribution < 1.29 is 14.6 Å². The van der Waals surface area contributed by atoms with Gasteiger partial charge >= 0.3 is 0 Å². The topological polar surface area (TPSA) is 58.6 Å². The van der Waals surface area contributed by atoms with Gasteiger partial charge in [0.05, 0.1) is 17.6 Å². The van der Waals surface area contributed by atoms with Crippen molar-refractivity contribution in [2.24, 2.45) is 5.92 Å². The van der Waals surface area contributed by atoms with Crippen LogP contribution in [0.3, 0.4) is 0 Å². The Kier molecular flexibility index (Phi) is 4.51. The molecule has 2 saturated carbocycles. The van der Waals surface area contributed by atoms with Crippen molar-refractivity contribution in [2.45, 2.75) is 69.5 Å². The van der Waals surface area contributed by atoms with E-state index in [4.69, 9.17) is 4.74 Å². The monoisotopic (exact) mass is 269 g/mol. The van der Waals surface area contributed by atoms with Gasteiger partial charge in [-0.3, -0.25) is 4.79 Å².